The van der Waals surface area contributed by atoms with Crippen molar-refractivity contribution in [2.45, 2.75) is 6.92 Å². The van der Waals surface area contributed by atoms with Crippen LogP contribution >= 0.6 is 11.6 Å². The first-order valence-electron chi connectivity index (χ1n) is 5.04. The molecular weight excluding hydrogens is 238 g/mol. The molecule has 0 aliphatic rings. The maximum absolute atomic E-state index is 10.8. The van der Waals surface area contributed by atoms with Crippen molar-refractivity contribution in [3.8, 4) is 11.3 Å². The molecule has 0 amide bonds. The first-order valence-corrected chi connectivity index (χ1v) is 5.42. The molecule has 2 rings (SSSR count). The number of carbonyl (C=O) groups is 1. The van der Waals surface area contributed by atoms with E-state index in [1.807, 2.05) is 19.1 Å². The second-order valence-corrected chi connectivity index (χ2v) is 4.17. The Bertz CT molecular complexity index is 561. The summed E-state index contributed by atoms with van der Waals surface area (Å²) in [6.07, 6.45) is 0. The zero-order valence-electron chi connectivity index (χ0n) is 9.14. The van der Waals surface area contributed by atoms with Crippen molar-refractivity contribution < 1.29 is 9.90 Å². The number of hydrogen-bond acceptors (Lipinski definition) is 2. The van der Waals surface area contributed by atoms with E-state index in [4.69, 9.17) is 16.7 Å². The van der Waals surface area contributed by atoms with E-state index in [2.05, 4.69) is 4.98 Å². The van der Waals surface area contributed by atoms with E-state index in [0.29, 0.717) is 10.7 Å². The van der Waals surface area contributed by atoms with Gasteiger partial charge in [0.25, 0.3) is 0 Å². The molecule has 0 unspecified atom stereocenters. The van der Waals surface area contributed by atoms with Crippen molar-refractivity contribution in [3.05, 3.63) is 52.7 Å². The number of aryl methyl sites for hydroxylation is 1. The van der Waals surface area contributed by atoms with E-state index in [1.54, 1.807) is 18.2 Å². The van der Waals surface area contributed by atoms with E-state index in [-0.39, 0.29) is 5.69 Å². The third kappa shape index (κ3) is 2.63. The highest BCUT2D eigenvalue weighted by atomic mass is 35.5. The molecule has 3 nitrogen and oxygen atoms in total. The van der Waals surface area contributed by atoms with Gasteiger partial charge in [0.05, 0.1) is 5.69 Å². The van der Waals surface area contributed by atoms with Gasteiger partial charge in [-0.1, -0.05) is 17.7 Å². The fourth-order valence-corrected chi connectivity index (χ4v) is 1.89. The fraction of sp³-hybridized carbons (Fsp3) is 0.0769. The number of pyridine rings is 1. The lowest BCUT2D eigenvalue weighted by molar-refractivity contribution is 0.0690. The number of hydrogen-bond donors (Lipinski definition) is 1. The molecular formula is C13H10ClNO2. The number of carboxylic acid groups (broad SMARTS) is 1. The van der Waals surface area contributed by atoms with Gasteiger partial charge in [0.2, 0.25) is 0 Å². The van der Waals surface area contributed by atoms with Crippen LogP contribution in [0.5, 0.6) is 0 Å². The van der Waals surface area contributed by atoms with Crippen LogP contribution in [0, 0.1) is 6.92 Å². The van der Waals surface area contributed by atoms with Crippen molar-refractivity contribution in [1.82, 2.24) is 4.98 Å². The van der Waals surface area contributed by atoms with Crippen molar-refractivity contribution in [1.29, 1.82) is 0 Å². The van der Waals surface area contributed by atoms with Gasteiger partial charge in [0.1, 0.15) is 5.69 Å². The maximum atomic E-state index is 10.8. The lowest BCUT2D eigenvalue weighted by Gasteiger charge is -2.04. The zero-order valence-corrected chi connectivity index (χ0v) is 9.90. The summed E-state index contributed by atoms with van der Waals surface area (Å²) < 4.78 is 0. The molecule has 0 spiro atoms. The SMILES string of the molecule is Cc1cc(Cl)cc(-c2cccc(C(=O)O)n2)c1. The molecule has 0 aliphatic carbocycles. The number of aromatic nitrogens is 1. The minimum absolute atomic E-state index is 0.0279. The molecule has 1 aromatic heterocycles. The molecule has 86 valence electrons. The Labute approximate surface area is 104 Å². The van der Waals surface area contributed by atoms with Gasteiger partial charge < -0.3 is 5.11 Å². The first-order chi connectivity index (χ1) is 8.06. The van der Waals surface area contributed by atoms with Crippen LogP contribution in [-0.2, 0) is 0 Å². The normalized spacial score (nSPS) is 10.2. The molecule has 0 atom stereocenters. The zero-order chi connectivity index (χ0) is 12.4. The van der Waals surface area contributed by atoms with Crippen LogP contribution in [0.15, 0.2) is 36.4 Å². The summed E-state index contributed by atoms with van der Waals surface area (Å²) >= 11 is 5.96. The minimum Gasteiger partial charge on any atom is -0.477 e. The van der Waals surface area contributed by atoms with Crippen LogP contribution in [0.25, 0.3) is 11.3 Å². The molecule has 0 fully saturated rings. The van der Waals surface area contributed by atoms with E-state index in [1.165, 1.54) is 6.07 Å². The number of halogens is 1. The maximum Gasteiger partial charge on any atom is 0.354 e. The van der Waals surface area contributed by atoms with Crippen molar-refractivity contribution in [3.63, 3.8) is 0 Å². The van der Waals surface area contributed by atoms with Crippen LogP contribution in [0.4, 0.5) is 0 Å². The fourth-order valence-electron chi connectivity index (χ4n) is 1.60. The van der Waals surface area contributed by atoms with Gasteiger partial charge in [-0.2, -0.15) is 0 Å². The number of aromatic carboxylic acids is 1. The van der Waals surface area contributed by atoms with Gasteiger partial charge in [0.15, 0.2) is 0 Å². The molecule has 1 N–H and O–H groups in total. The minimum atomic E-state index is -1.04. The summed E-state index contributed by atoms with van der Waals surface area (Å²) in [5.41, 5.74) is 2.46. The van der Waals surface area contributed by atoms with Crippen LogP contribution in [0.2, 0.25) is 5.02 Å². The van der Waals surface area contributed by atoms with E-state index < -0.39 is 5.97 Å². The van der Waals surface area contributed by atoms with Gasteiger partial charge in [-0.25, -0.2) is 9.78 Å². The topological polar surface area (TPSA) is 50.2 Å². The van der Waals surface area contributed by atoms with Gasteiger partial charge in [-0.05, 0) is 42.8 Å². The standard InChI is InChI=1S/C13H10ClNO2/c1-8-5-9(7-10(14)6-8)11-3-2-4-12(15-11)13(16)17/h2-7H,1H3,(H,16,17). The summed E-state index contributed by atoms with van der Waals surface area (Å²) in [5.74, 6) is -1.04. The molecule has 0 saturated carbocycles. The summed E-state index contributed by atoms with van der Waals surface area (Å²) in [6.45, 7) is 1.93. The largest absolute Gasteiger partial charge is 0.477 e. The lowest BCUT2D eigenvalue weighted by Crippen LogP contribution is -2.00. The van der Waals surface area contributed by atoms with E-state index in [9.17, 15) is 4.79 Å². The second-order valence-electron chi connectivity index (χ2n) is 3.73. The molecule has 2 aromatic rings. The van der Waals surface area contributed by atoms with Crippen LogP contribution in [-0.4, -0.2) is 16.1 Å². The molecule has 1 heterocycles. The van der Waals surface area contributed by atoms with Gasteiger partial charge in [-0.3, -0.25) is 0 Å². The predicted octanol–water partition coefficient (Wildman–Crippen LogP) is 3.41. The average Bonchev–Trinajstić information content (AvgIpc) is 2.28. The van der Waals surface area contributed by atoms with E-state index >= 15 is 0 Å². The monoisotopic (exact) mass is 247 g/mol. The molecule has 0 aliphatic heterocycles. The first kappa shape index (κ1) is 11.6. The highest BCUT2D eigenvalue weighted by Gasteiger charge is 2.07. The molecule has 0 bridgehead atoms. The summed E-state index contributed by atoms with van der Waals surface area (Å²) in [4.78, 5) is 14.9. The number of rotatable bonds is 2. The molecule has 4 heteroatoms. The van der Waals surface area contributed by atoms with Gasteiger partial charge in [-0.15, -0.1) is 0 Å². The summed E-state index contributed by atoms with van der Waals surface area (Å²) in [5, 5.41) is 9.49. The van der Waals surface area contributed by atoms with Crippen molar-refractivity contribution >= 4 is 17.6 Å². The predicted molar refractivity (Wildman–Crippen MR) is 66.4 cm³/mol. The Balaban J connectivity index is 2.52. The van der Waals surface area contributed by atoms with Gasteiger partial charge in [0, 0.05) is 10.6 Å². The second kappa shape index (κ2) is 4.55. The Hall–Kier alpha value is -1.87. The number of carboxylic acids is 1. The molecule has 0 radical (unpaired) electrons. The molecule has 1 aromatic carbocycles. The van der Waals surface area contributed by atoms with Crippen LogP contribution in [0.1, 0.15) is 16.1 Å². The van der Waals surface area contributed by atoms with Crippen molar-refractivity contribution in [2.75, 3.05) is 0 Å². The molecule has 0 saturated heterocycles. The third-order valence-corrected chi connectivity index (χ3v) is 2.52. The Kier molecular flexibility index (Phi) is 3.11. The molecule has 17 heavy (non-hydrogen) atoms. The Morgan fingerprint density at radius 3 is 2.71 bits per heavy atom. The highest BCUT2D eigenvalue weighted by molar-refractivity contribution is 6.30. The average molecular weight is 248 g/mol. The number of benzene rings is 1. The summed E-state index contributed by atoms with van der Waals surface area (Å²) in [7, 11) is 0. The Morgan fingerprint density at radius 1 is 1.29 bits per heavy atom. The van der Waals surface area contributed by atoms with Crippen molar-refractivity contribution in [2.24, 2.45) is 0 Å². The summed E-state index contributed by atoms with van der Waals surface area (Å²) in [6, 6.07) is 10.4. The smallest absolute Gasteiger partial charge is 0.354 e. The van der Waals surface area contributed by atoms with Gasteiger partial charge >= 0.3 is 5.97 Å². The number of nitrogens with zero attached hydrogens (tertiary/aromatic N) is 1. The highest BCUT2D eigenvalue weighted by Crippen LogP contribution is 2.23. The quantitative estimate of drug-likeness (QED) is 0.885. The third-order valence-electron chi connectivity index (χ3n) is 2.31. The Morgan fingerprint density at radius 2 is 2.06 bits per heavy atom. The lowest BCUT2D eigenvalue weighted by atomic mass is 10.1. The van der Waals surface area contributed by atoms with Crippen LogP contribution in [0.3, 0.4) is 0 Å². The van der Waals surface area contributed by atoms with E-state index in [0.717, 1.165) is 11.1 Å². The van der Waals surface area contributed by atoms with Crippen LogP contribution < -0.4 is 0 Å².